The van der Waals surface area contributed by atoms with Crippen molar-refractivity contribution in [3.8, 4) is 0 Å². The number of benzene rings is 2. The monoisotopic (exact) mass is 818 g/mol. The van der Waals surface area contributed by atoms with E-state index in [4.69, 9.17) is 0 Å². The zero-order chi connectivity index (χ0) is 30.9. The van der Waals surface area contributed by atoms with E-state index in [1.54, 1.807) is 11.1 Å². The fourth-order valence-electron chi connectivity index (χ4n) is 5.93. The van der Waals surface area contributed by atoms with Crippen molar-refractivity contribution in [2.45, 2.75) is 145 Å². The molecule has 4 aromatic carbocycles. The maximum atomic E-state index is 2.44. The van der Waals surface area contributed by atoms with Crippen molar-refractivity contribution in [3.05, 3.63) is 81.9 Å². The van der Waals surface area contributed by atoms with E-state index < -0.39 is 0 Å². The molecule has 44 heavy (non-hydrogen) atoms. The van der Waals surface area contributed by atoms with Gasteiger partial charge in [0.05, 0.1) is 0 Å². The van der Waals surface area contributed by atoms with Crippen molar-refractivity contribution in [2.24, 2.45) is 0 Å². The topological polar surface area (TPSA) is 0 Å². The van der Waals surface area contributed by atoms with Gasteiger partial charge in [-0.1, -0.05) is 127 Å². The van der Waals surface area contributed by atoms with Crippen LogP contribution in [0.2, 0.25) is 13.1 Å². The Morgan fingerprint density at radius 3 is 1.14 bits per heavy atom. The van der Waals surface area contributed by atoms with Gasteiger partial charge in [0.25, 0.3) is 0 Å². The number of hydrogen-bond acceptors (Lipinski definition) is 0. The van der Waals surface area contributed by atoms with Gasteiger partial charge in [0.15, 0.2) is 0 Å². The average Bonchev–Trinajstić information content (AvgIpc) is 3.55. The standard InChI is InChI=1S/2C19H27.C2H6Si.2ClH.Hf/c2*1-4-7-10-16-13-18-12-15(8-5-2)11-17(9-6-3)19(18)14-16;1-3-2;;;/h2*11-14H,4-10H2,1-3H3;1-2H3;2*1H;/q2*-1;;;;+2/p-2. The van der Waals surface area contributed by atoms with Gasteiger partial charge < -0.3 is 24.8 Å². The summed E-state index contributed by atoms with van der Waals surface area (Å²) in [7, 11) is 0. The van der Waals surface area contributed by atoms with Crippen LogP contribution >= 0.6 is 0 Å². The maximum Gasteiger partial charge on any atom is -1.00 e. The van der Waals surface area contributed by atoms with Crippen LogP contribution in [0.25, 0.3) is 21.5 Å². The predicted molar refractivity (Wildman–Crippen MR) is 190 cm³/mol. The molecule has 0 atom stereocenters. The minimum atomic E-state index is 0. The first kappa shape index (κ1) is 43.3. The second-order valence-corrected chi connectivity index (χ2v) is 25.2. The molecule has 0 spiro atoms. The van der Waals surface area contributed by atoms with Crippen LogP contribution in [0.3, 0.4) is 0 Å². The molecular weight excluding hydrogens is 758 g/mol. The third-order valence-corrected chi connectivity index (χ3v) is 7.81. The van der Waals surface area contributed by atoms with Crippen LogP contribution in [0.15, 0.2) is 48.5 Å². The molecule has 0 unspecified atom stereocenters. The molecule has 0 N–H and O–H groups in total. The largest absolute Gasteiger partial charge is 1.00 e. The Morgan fingerprint density at radius 1 is 0.500 bits per heavy atom. The Balaban J connectivity index is 0.000000720. The predicted octanol–water partition coefficient (Wildman–Crippen LogP) is 6.40. The molecule has 4 heteroatoms. The summed E-state index contributed by atoms with van der Waals surface area (Å²) < 4.78 is 0. The average molecular weight is 818 g/mol. The van der Waals surface area contributed by atoms with Crippen LogP contribution in [-0.4, -0.2) is 5.49 Å². The summed E-state index contributed by atoms with van der Waals surface area (Å²) in [5, 5.41) is 5.96. The van der Waals surface area contributed by atoms with Crippen LogP contribution in [-0.2, 0) is 61.5 Å². The van der Waals surface area contributed by atoms with Gasteiger partial charge in [-0.2, -0.15) is 12.1 Å². The molecule has 0 aromatic heterocycles. The summed E-state index contributed by atoms with van der Waals surface area (Å²) in [4.78, 5) is 0. The van der Waals surface area contributed by atoms with Gasteiger partial charge in [0.1, 0.15) is 0 Å². The molecule has 0 nitrogen and oxygen atoms in total. The molecule has 0 saturated heterocycles. The molecular formula is C40H60Cl2HfSi-2. The van der Waals surface area contributed by atoms with Crippen molar-refractivity contribution in [3.63, 3.8) is 0 Å². The Bertz CT molecular complexity index is 1240. The first-order valence-corrected chi connectivity index (χ1v) is 25.1. The molecule has 0 fully saturated rings. The number of fused-ring (bicyclic) bond motifs is 2. The van der Waals surface area contributed by atoms with E-state index in [9.17, 15) is 0 Å². The van der Waals surface area contributed by atoms with Gasteiger partial charge in [0, 0.05) is 0 Å². The van der Waals surface area contributed by atoms with Crippen molar-refractivity contribution in [1.82, 2.24) is 0 Å². The number of unbranched alkanes of at least 4 members (excludes halogenated alkanes) is 2. The quantitative estimate of drug-likeness (QED) is 0.102. The third kappa shape index (κ3) is 14.8. The fourth-order valence-corrected chi connectivity index (χ4v) is 5.93. The molecule has 0 saturated carbocycles. The zero-order valence-corrected chi connectivity index (χ0v) is 35.4. The van der Waals surface area contributed by atoms with Gasteiger partial charge >= 0.3 is 41.6 Å². The van der Waals surface area contributed by atoms with Gasteiger partial charge in [-0.25, -0.2) is 0 Å². The number of aryl methyl sites for hydroxylation is 6. The Morgan fingerprint density at radius 2 is 0.841 bits per heavy atom. The number of rotatable bonds is 14. The fraction of sp³-hybridized carbons (Fsp3) is 0.550. The van der Waals surface area contributed by atoms with Gasteiger partial charge in [-0.05, 0) is 38.5 Å². The van der Waals surface area contributed by atoms with Gasteiger partial charge in [0.2, 0.25) is 0 Å². The molecule has 0 aliphatic carbocycles. The summed E-state index contributed by atoms with van der Waals surface area (Å²) in [5.41, 5.74) is 9.48. The first-order chi connectivity index (χ1) is 20.3. The van der Waals surface area contributed by atoms with Crippen molar-refractivity contribution in [2.75, 3.05) is 0 Å². The Kier molecular flexibility index (Phi) is 24.1. The smallest absolute Gasteiger partial charge is 1.00 e. The summed E-state index contributed by atoms with van der Waals surface area (Å²) in [6.45, 7) is 18.3. The maximum absolute atomic E-state index is 2.44. The number of hydrogen-bond donors (Lipinski definition) is 0. The van der Waals surface area contributed by atoms with Crippen molar-refractivity contribution in [1.29, 1.82) is 0 Å². The molecule has 0 aliphatic rings. The van der Waals surface area contributed by atoms with E-state index >= 15 is 0 Å². The zero-order valence-electron chi connectivity index (χ0n) is 29.3. The van der Waals surface area contributed by atoms with E-state index in [1.165, 1.54) is 157 Å². The van der Waals surface area contributed by atoms with Crippen LogP contribution in [0.1, 0.15) is 126 Å². The minimum absolute atomic E-state index is 0. The van der Waals surface area contributed by atoms with Crippen molar-refractivity contribution < 1.29 is 47.8 Å². The van der Waals surface area contributed by atoms with Gasteiger partial charge in [-0.3, -0.25) is 0 Å². The first-order valence-electron chi connectivity index (χ1n) is 17.2. The Hall–Kier alpha value is -0.673. The second kappa shape index (κ2) is 24.5. The van der Waals surface area contributed by atoms with E-state index in [-0.39, 0.29) is 30.3 Å². The van der Waals surface area contributed by atoms with Crippen LogP contribution in [0.4, 0.5) is 0 Å². The van der Waals surface area contributed by atoms with E-state index in [1.807, 2.05) is 0 Å². The van der Waals surface area contributed by atoms with E-state index in [0.717, 1.165) is 0 Å². The number of halogens is 2. The molecule has 4 aromatic rings. The van der Waals surface area contributed by atoms with Gasteiger partial charge in [-0.15, -0.1) is 56.9 Å². The SMILES string of the molecule is CCCCc1cc2c(CCC)cc(CCC)cc2[cH-]1.CCCCc1cc2c(CCC)cc(CCC)cc2[cH-]1.C[Si](C)=[Hf+2].[Cl-].[Cl-]. The summed E-state index contributed by atoms with van der Waals surface area (Å²) in [5.74, 6) is 0. The van der Waals surface area contributed by atoms with E-state index in [0.29, 0.717) is 0 Å². The molecule has 0 bridgehead atoms. The summed E-state index contributed by atoms with van der Waals surface area (Å²) in [6, 6.07) is 19.4. The van der Waals surface area contributed by atoms with Crippen molar-refractivity contribution >= 4 is 27.0 Å². The summed E-state index contributed by atoms with van der Waals surface area (Å²) >= 11 is 1.45. The van der Waals surface area contributed by atoms with Crippen LogP contribution in [0.5, 0.6) is 0 Å². The molecule has 0 aliphatic heterocycles. The molecule has 244 valence electrons. The minimum Gasteiger partial charge on any atom is -1.00 e. The molecule has 0 radical (unpaired) electrons. The molecule has 0 amide bonds. The molecule has 4 rings (SSSR count). The third-order valence-electron chi connectivity index (χ3n) is 7.81. The summed E-state index contributed by atoms with van der Waals surface area (Å²) in [6.07, 6.45) is 17.4. The molecule has 0 heterocycles. The normalized spacial score (nSPS) is 10.4. The Labute approximate surface area is 299 Å². The van der Waals surface area contributed by atoms with E-state index in [2.05, 4.69) is 103 Å². The van der Waals surface area contributed by atoms with Crippen LogP contribution in [0, 0.1) is 0 Å². The second-order valence-electron chi connectivity index (χ2n) is 12.4. The van der Waals surface area contributed by atoms with Crippen LogP contribution < -0.4 is 24.8 Å².